The van der Waals surface area contributed by atoms with Gasteiger partial charge >= 0.3 is 0 Å². The van der Waals surface area contributed by atoms with Crippen molar-refractivity contribution in [2.45, 2.75) is 24.0 Å². The average molecular weight is 240 g/mol. The molecule has 2 rings (SSSR count). The second-order valence-electron chi connectivity index (χ2n) is 3.65. The van der Waals surface area contributed by atoms with Gasteiger partial charge in [-0.15, -0.1) is 0 Å². The van der Waals surface area contributed by atoms with Crippen LogP contribution >= 0.6 is 0 Å². The van der Waals surface area contributed by atoms with Crippen molar-refractivity contribution < 1.29 is 9.00 Å². The zero-order valence-corrected chi connectivity index (χ0v) is 9.58. The first-order valence-corrected chi connectivity index (χ1v) is 6.40. The Kier molecular flexibility index (Phi) is 2.86. The Morgan fingerprint density at radius 3 is 2.81 bits per heavy atom. The first-order chi connectivity index (χ1) is 7.58. The van der Waals surface area contributed by atoms with Gasteiger partial charge in [-0.3, -0.25) is 9.00 Å². The first-order valence-electron chi connectivity index (χ1n) is 4.84. The van der Waals surface area contributed by atoms with Crippen LogP contribution in [-0.2, 0) is 10.8 Å². The lowest BCUT2D eigenvalue weighted by Gasteiger charge is -2.08. The van der Waals surface area contributed by atoms with Gasteiger partial charge in [0.25, 0.3) is 5.91 Å². The van der Waals surface area contributed by atoms with E-state index in [0.717, 1.165) is 12.8 Å². The SMILES string of the molecule is C[S@](=O)c1ncc(C(N)=O)c(NC2CC2)n1. The second-order valence-corrected chi connectivity index (χ2v) is 4.93. The number of carbonyl (C=O) groups excluding carboxylic acids is 1. The van der Waals surface area contributed by atoms with Crippen molar-refractivity contribution in [1.82, 2.24) is 9.97 Å². The monoisotopic (exact) mass is 240 g/mol. The molecule has 6 nitrogen and oxygen atoms in total. The van der Waals surface area contributed by atoms with E-state index in [1.54, 1.807) is 0 Å². The third-order valence-corrected chi connectivity index (χ3v) is 2.92. The van der Waals surface area contributed by atoms with Gasteiger partial charge < -0.3 is 11.1 Å². The molecular formula is C9H12N4O2S. The Balaban J connectivity index is 2.37. The van der Waals surface area contributed by atoms with Gasteiger partial charge in [0, 0.05) is 18.5 Å². The predicted molar refractivity (Wildman–Crippen MR) is 59.5 cm³/mol. The van der Waals surface area contributed by atoms with Crippen molar-refractivity contribution in [2.75, 3.05) is 11.6 Å². The highest BCUT2D eigenvalue weighted by Gasteiger charge is 2.24. The van der Waals surface area contributed by atoms with E-state index in [2.05, 4.69) is 15.3 Å². The lowest BCUT2D eigenvalue weighted by molar-refractivity contribution is 0.1000. The van der Waals surface area contributed by atoms with Gasteiger partial charge in [-0.05, 0) is 12.8 Å². The molecule has 0 radical (unpaired) electrons. The third kappa shape index (κ3) is 2.35. The Morgan fingerprint density at radius 1 is 1.62 bits per heavy atom. The fourth-order valence-electron chi connectivity index (χ4n) is 1.22. The van der Waals surface area contributed by atoms with E-state index in [9.17, 15) is 9.00 Å². The Bertz CT molecular complexity index is 459. The predicted octanol–water partition coefficient (Wildman–Crippen LogP) is -0.113. The highest BCUT2D eigenvalue weighted by Crippen LogP contribution is 2.25. The van der Waals surface area contributed by atoms with Crippen LogP contribution in [0.4, 0.5) is 5.82 Å². The van der Waals surface area contributed by atoms with Gasteiger partial charge in [0.05, 0.1) is 16.4 Å². The standard InChI is InChI=1S/C9H12N4O2S/c1-16(15)9-11-4-6(7(10)14)8(13-9)12-5-2-3-5/h4-5H,2-3H2,1H3,(H2,10,14)(H,11,12,13)/t16-/m0/s1. The van der Waals surface area contributed by atoms with E-state index in [-0.39, 0.29) is 10.7 Å². The minimum absolute atomic E-state index is 0.202. The average Bonchev–Trinajstić information content (AvgIpc) is 3.01. The summed E-state index contributed by atoms with van der Waals surface area (Å²) in [5, 5.41) is 3.28. The van der Waals surface area contributed by atoms with E-state index in [4.69, 9.17) is 5.73 Å². The van der Waals surface area contributed by atoms with Crippen LogP contribution in [0, 0.1) is 0 Å². The summed E-state index contributed by atoms with van der Waals surface area (Å²) in [5.41, 5.74) is 5.44. The fraction of sp³-hybridized carbons (Fsp3) is 0.444. The molecule has 1 aromatic rings. The summed E-state index contributed by atoms with van der Waals surface area (Å²) < 4.78 is 11.2. The van der Waals surface area contributed by atoms with Gasteiger partial charge in [-0.2, -0.15) is 0 Å². The number of anilines is 1. The molecule has 1 aliphatic rings. The number of carbonyl (C=O) groups is 1. The van der Waals surface area contributed by atoms with Crippen LogP contribution in [0.5, 0.6) is 0 Å². The molecule has 1 aromatic heterocycles. The number of rotatable bonds is 4. The molecule has 86 valence electrons. The minimum atomic E-state index is -1.27. The maximum atomic E-state index is 11.2. The number of nitrogens with two attached hydrogens (primary N) is 1. The summed E-state index contributed by atoms with van der Waals surface area (Å²) in [7, 11) is -1.27. The van der Waals surface area contributed by atoms with Crippen molar-refractivity contribution in [3.63, 3.8) is 0 Å². The molecule has 3 N–H and O–H groups in total. The van der Waals surface area contributed by atoms with Crippen LogP contribution in [0.1, 0.15) is 23.2 Å². The van der Waals surface area contributed by atoms with Gasteiger partial charge in [0.2, 0.25) is 5.16 Å². The zero-order chi connectivity index (χ0) is 11.7. The van der Waals surface area contributed by atoms with E-state index >= 15 is 0 Å². The number of amides is 1. The second kappa shape index (κ2) is 4.17. The molecule has 0 bridgehead atoms. The lowest BCUT2D eigenvalue weighted by Crippen LogP contribution is -2.18. The van der Waals surface area contributed by atoms with E-state index in [1.165, 1.54) is 12.5 Å². The van der Waals surface area contributed by atoms with Crippen molar-refractivity contribution in [3.05, 3.63) is 11.8 Å². The maximum absolute atomic E-state index is 11.2. The maximum Gasteiger partial charge on any atom is 0.254 e. The molecule has 1 fully saturated rings. The zero-order valence-electron chi connectivity index (χ0n) is 8.77. The molecule has 7 heteroatoms. The molecule has 1 heterocycles. The number of hydrogen-bond donors (Lipinski definition) is 2. The van der Waals surface area contributed by atoms with Crippen molar-refractivity contribution >= 4 is 22.5 Å². The van der Waals surface area contributed by atoms with Crippen LogP contribution in [0.15, 0.2) is 11.4 Å². The van der Waals surface area contributed by atoms with Gasteiger partial charge in [-0.25, -0.2) is 9.97 Å². The summed E-state index contributed by atoms with van der Waals surface area (Å²) in [6.45, 7) is 0. The molecule has 0 unspecified atom stereocenters. The van der Waals surface area contributed by atoms with Gasteiger partial charge in [0.15, 0.2) is 0 Å². The van der Waals surface area contributed by atoms with E-state index in [0.29, 0.717) is 11.9 Å². The number of primary amides is 1. The van der Waals surface area contributed by atoms with Crippen molar-refractivity contribution in [3.8, 4) is 0 Å². The molecule has 0 saturated heterocycles. The first kappa shape index (κ1) is 11.0. The van der Waals surface area contributed by atoms with Crippen LogP contribution in [0.3, 0.4) is 0 Å². The van der Waals surface area contributed by atoms with Crippen LogP contribution in [0.2, 0.25) is 0 Å². The highest BCUT2D eigenvalue weighted by atomic mass is 32.2. The van der Waals surface area contributed by atoms with Crippen LogP contribution in [0.25, 0.3) is 0 Å². The van der Waals surface area contributed by atoms with Crippen LogP contribution < -0.4 is 11.1 Å². The lowest BCUT2D eigenvalue weighted by atomic mass is 10.3. The summed E-state index contributed by atoms with van der Waals surface area (Å²) in [5.74, 6) is -0.202. The molecule has 0 spiro atoms. The highest BCUT2D eigenvalue weighted by molar-refractivity contribution is 7.84. The normalized spacial score (nSPS) is 16.8. The molecule has 0 aliphatic heterocycles. The van der Waals surface area contributed by atoms with E-state index < -0.39 is 16.7 Å². The molecule has 16 heavy (non-hydrogen) atoms. The molecular weight excluding hydrogens is 228 g/mol. The smallest absolute Gasteiger partial charge is 0.254 e. The number of hydrogen-bond acceptors (Lipinski definition) is 5. The number of aromatic nitrogens is 2. The molecule has 1 saturated carbocycles. The van der Waals surface area contributed by atoms with E-state index in [1.807, 2.05) is 0 Å². The number of nitrogens with zero attached hydrogens (tertiary/aromatic N) is 2. The van der Waals surface area contributed by atoms with Crippen molar-refractivity contribution in [2.24, 2.45) is 5.73 Å². The summed E-state index contributed by atoms with van der Waals surface area (Å²) >= 11 is 0. The minimum Gasteiger partial charge on any atom is -0.367 e. The Labute approximate surface area is 95.1 Å². The van der Waals surface area contributed by atoms with Crippen LogP contribution in [-0.4, -0.2) is 32.4 Å². The quantitative estimate of drug-likeness (QED) is 0.715. The molecule has 1 aliphatic carbocycles. The molecule has 1 atom stereocenters. The Morgan fingerprint density at radius 2 is 2.31 bits per heavy atom. The molecule has 0 aromatic carbocycles. The van der Waals surface area contributed by atoms with Gasteiger partial charge in [-0.1, -0.05) is 0 Å². The topological polar surface area (TPSA) is 98.0 Å². The van der Waals surface area contributed by atoms with Gasteiger partial charge in [0.1, 0.15) is 5.82 Å². The Hall–Kier alpha value is -1.50. The third-order valence-electron chi connectivity index (χ3n) is 2.21. The summed E-state index contributed by atoms with van der Waals surface area (Å²) in [4.78, 5) is 19.0. The summed E-state index contributed by atoms with van der Waals surface area (Å²) in [6.07, 6.45) is 4.90. The van der Waals surface area contributed by atoms with Crippen molar-refractivity contribution in [1.29, 1.82) is 0 Å². The fourth-order valence-corrected chi connectivity index (χ4v) is 1.64. The molecule has 1 amide bonds. The summed E-state index contributed by atoms with van der Waals surface area (Å²) in [6, 6.07) is 0.339. The largest absolute Gasteiger partial charge is 0.367 e. The number of nitrogens with one attached hydrogen (secondary N) is 1.